The van der Waals surface area contributed by atoms with Crippen LogP contribution in [0.4, 0.5) is 0 Å². The van der Waals surface area contributed by atoms with E-state index in [9.17, 15) is 22.8 Å². The van der Waals surface area contributed by atoms with Gasteiger partial charge in [-0.3, -0.25) is 14.4 Å². The second-order valence-electron chi connectivity index (χ2n) is 8.64. The number of nitrogens with zero attached hydrogens (tertiary/aromatic N) is 3. The third-order valence-corrected chi connectivity index (χ3v) is 7.81. The number of hydrogen-bond donors (Lipinski definition) is 1. The average Bonchev–Trinajstić information content (AvgIpc) is 3.49. The Balaban J connectivity index is 1.80. The summed E-state index contributed by atoms with van der Waals surface area (Å²) in [4.78, 5) is 44.7. The molecule has 1 aromatic rings. The molecule has 0 bridgehead atoms. The number of nitrogens with one attached hydrogen (secondary N) is 1. The number of aryl methyl sites for hydroxylation is 1. The summed E-state index contributed by atoms with van der Waals surface area (Å²) in [6.07, 6.45) is 2.96. The predicted molar refractivity (Wildman–Crippen MR) is 117 cm³/mol. The van der Waals surface area contributed by atoms with Crippen LogP contribution in [0, 0.1) is 11.8 Å². The van der Waals surface area contributed by atoms with Gasteiger partial charge in [0.2, 0.25) is 17.6 Å². The summed E-state index contributed by atoms with van der Waals surface area (Å²) >= 11 is 0. The molecule has 184 valence electrons. The van der Waals surface area contributed by atoms with Crippen LogP contribution in [0.1, 0.15) is 56.0 Å². The molecule has 1 unspecified atom stereocenters. The van der Waals surface area contributed by atoms with Gasteiger partial charge in [-0.1, -0.05) is 19.0 Å². The van der Waals surface area contributed by atoms with Crippen molar-refractivity contribution < 1.29 is 32.1 Å². The van der Waals surface area contributed by atoms with E-state index in [0.717, 1.165) is 6.26 Å². The van der Waals surface area contributed by atoms with E-state index in [1.165, 1.54) is 0 Å². The molecule has 11 nitrogen and oxygen atoms in total. The summed E-state index contributed by atoms with van der Waals surface area (Å²) in [5.74, 6) is -2.57. The number of aromatic nitrogens is 2. The first-order valence-electron chi connectivity index (χ1n) is 11.4. The SMILES string of the molecule is CCc1noc(C(=O)[C@H](CC)NC(=O)C(CC(=O)N2CCOCC2)[C@@H](C2CC2)S(C)(=O)=O)n1. The first-order chi connectivity index (χ1) is 15.7. The van der Waals surface area contributed by atoms with Gasteiger partial charge in [-0.25, -0.2) is 8.42 Å². The number of carbonyl (C=O) groups excluding carboxylic acids is 3. The molecule has 3 atom stereocenters. The summed E-state index contributed by atoms with van der Waals surface area (Å²) in [5.41, 5.74) is 0. The van der Waals surface area contributed by atoms with E-state index in [2.05, 4.69) is 15.5 Å². The summed E-state index contributed by atoms with van der Waals surface area (Å²) < 4.78 is 35.6. The van der Waals surface area contributed by atoms with Gasteiger partial charge >= 0.3 is 0 Å². The number of rotatable bonds is 11. The molecule has 0 radical (unpaired) electrons. The third kappa shape index (κ3) is 6.38. The second kappa shape index (κ2) is 10.7. The van der Waals surface area contributed by atoms with Gasteiger partial charge in [0.05, 0.1) is 30.4 Å². The van der Waals surface area contributed by atoms with Gasteiger partial charge in [-0.2, -0.15) is 4.98 Å². The summed E-state index contributed by atoms with van der Waals surface area (Å²) in [7, 11) is -3.62. The minimum Gasteiger partial charge on any atom is -0.378 e. The molecular weight excluding hydrogens is 452 g/mol. The van der Waals surface area contributed by atoms with Crippen molar-refractivity contribution in [3.8, 4) is 0 Å². The quantitative estimate of drug-likeness (QED) is 0.440. The van der Waals surface area contributed by atoms with Crippen LogP contribution >= 0.6 is 0 Å². The zero-order chi connectivity index (χ0) is 24.2. The van der Waals surface area contributed by atoms with Crippen LogP contribution in [-0.2, 0) is 30.6 Å². The van der Waals surface area contributed by atoms with Crippen LogP contribution in [0.3, 0.4) is 0 Å². The number of Topliss-reactive ketones (excluding diaryl/α,β-unsaturated/α-hetero) is 1. The smallest absolute Gasteiger partial charge is 0.296 e. The number of amides is 2. The maximum absolute atomic E-state index is 13.4. The van der Waals surface area contributed by atoms with Crippen molar-refractivity contribution in [2.45, 2.75) is 57.2 Å². The molecule has 2 fully saturated rings. The Morgan fingerprint density at radius 2 is 1.85 bits per heavy atom. The number of hydrogen-bond acceptors (Lipinski definition) is 9. The molecule has 1 saturated carbocycles. The largest absolute Gasteiger partial charge is 0.378 e. The fraction of sp³-hybridized carbons (Fsp3) is 0.762. The molecule has 2 aliphatic rings. The lowest BCUT2D eigenvalue weighted by atomic mass is 9.94. The van der Waals surface area contributed by atoms with Gasteiger partial charge in [0.15, 0.2) is 15.7 Å². The highest BCUT2D eigenvalue weighted by atomic mass is 32.2. The molecule has 0 aromatic carbocycles. The highest BCUT2D eigenvalue weighted by molar-refractivity contribution is 7.91. The van der Waals surface area contributed by atoms with Crippen molar-refractivity contribution >= 4 is 27.4 Å². The van der Waals surface area contributed by atoms with Crippen LogP contribution in [-0.4, -0.2) is 84.9 Å². The van der Waals surface area contributed by atoms with Crippen LogP contribution in [0.2, 0.25) is 0 Å². The Hall–Kier alpha value is -2.34. The fourth-order valence-electron chi connectivity index (χ4n) is 4.17. The van der Waals surface area contributed by atoms with Gasteiger partial charge in [0.1, 0.15) is 0 Å². The van der Waals surface area contributed by atoms with E-state index in [0.29, 0.717) is 51.4 Å². The molecule has 2 amide bonds. The van der Waals surface area contributed by atoms with E-state index in [-0.39, 0.29) is 30.6 Å². The van der Waals surface area contributed by atoms with E-state index >= 15 is 0 Å². The van der Waals surface area contributed by atoms with Crippen LogP contribution in [0.25, 0.3) is 0 Å². The number of morpholine rings is 1. The average molecular weight is 485 g/mol. The normalized spacial score (nSPS) is 19.5. The standard InChI is InChI=1S/C21H32N4O7S/c1-4-15(18(27)21-23-16(5-2)24-32-21)22-20(28)14(19(13-6-7-13)33(3,29)30)12-17(26)25-8-10-31-11-9-25/h13-15,19H,4-12H2,1-3H3,(H,22,28)/t14?,15-,19+/m0/s1. The van der Waals surface area contributed by atoms with Gasteiger partial charge < -0.3 is 19.5 Å². The molecule has 33 heavy (non-hydrogen) atoms. The molecular formula is C21H32N4O7S. The second-order valence-corrected chi connectivity index (χ2v) is 10.8. The number of carbonyl (C=O) groups is 3. The van der Waals surface area contributed by atoms with Gasteiger partial charge in [0.25, 0.3) is 5.89 Å². The number of ketones is 1. The molecule has 1 aromatic heterocycles. The zero-order valence-corrected chi connectivity index (χ0v) is 20.1. The van der Waals surface area contributed by atoms with Crippen LogP contribution < -0.4 is 5.32 Å². The van der Waals surface area contributed by atoms with E-state index in [1.807, 2.05) is 6.92 Å². The van der Waals surface area contributed by atoms with Crippen molar-refractivity contribution in [3.05, 3.63) is 11.7 Å². The number of ether oxygens (including phenoxy) is 1. The maximum atomic E-state index is 13.4. The number of sulfone groups is 1. The maximum Gasteiger partial charge on any atom is 0.296 e. The predicted octanol–water partition coefficient (Wildman–Crippen LogP) is 0.398. The fourth-order valence-corrected chi connectivity index (χ4v) is 5.96. The minimum atomic E-state index is -3.62. The molecule has 1 saturated heterocycles. The molecule has 1 aliphatic carbocycles. The molecule has 2 heterocycles. The van der Waals surface area contributed by atoms with Crippen molar-refractivity contribution in [1.29, 1.82) is 0 Å². The van der Waals surface area contributed by atoms with E-state index in [1.54, 1.807) is 11.8 Å². The van der Waals surface area contributed by atoms with Gasteiger partial charge in [-0.05, 0) is 25.2 Å². The lowest BCUT2D eigenvalue weighted by molar-refractivity contribution is -0.139. The molecule has 12 heteroatoms. The van der Waals surface area contributed by atoms with Gasteiger partial charge in [-0.15, -0.1) is 0 Å². The van der Waals surface area contributed by atoms with Crippen molar-refractivity contribution in [1.82, 2.24) is 20.4 Å². The lowest BCUT2D eigenvalue weighted by Crippen LogP contribution is -2.50. The van der Waals surface area contributed by atoms with Crippen molar-refractivity contribution in [3.63, 3.8) is 0 Å². The molecule has 1 N–H and O–H groups in total. The molecule has 0 spiro atoms. The van der Waals surface area contributed by atoms with Crippen LogP contribution in [0.5, 0.6) is 0 Å². The molecule has 3 rings (SSSR count). The summed E-state index contributed by atoms with van der Waals surface area (Å²) in [5, 5.41) is 5.39. The summed E-state index contributed by atoms with van der Waals surface area (Å²) in [6, 6.07) is -0.969. The Morgan fingerprint density at radius 1 is 1.18 bits per heavy atom. The minimum absolute atomic E-state index is 0.174. The first kappa shape index (κ1) is 25.3. The third-order valence-electron chi connectivity index (χ3n) is 6.11. The Kier molecular flexibility index (Phi) is 8.22. The Morgan fingerprint density at radius 3 is 2.36 bits per heavy atom. The van der Waals surface area contributed by atoms with Crippen molar-refractivity contribution in [2.24, 2.45) is 11.8 Å². The monoisotopic (exact) mass is 484 g/mol. The zero-order valence-electron chi connectivity index (χ0n) is 19.3. The summed E-state index contributed by atoms with van der Waals surface area (Å²) in [6.45, 7) is 5.12. The van der Waals surface area contributed by atoms with Gasteiger partial charge in [0, 0.05) is 32.2 Å². The lowest BCUT2D eigenvalue weighted by Gasteiger charge is -2.31. The topological polar surface area (TPSA) is 149 Å². The van der Waals surface area contributed by atoms with Crippen molar-refractivity contribution in [2.75, 3.05) is 32.6 Å². The Labute approximate surface area is 193 Å². The van der Waals surface area contributed by atoms with Crippen LogP contribution in [0.15, 0.2) is 4.52 Å². The van der Waals surface area contributed by atoms with E-state index in [4.69, 9.17) is 9.26 Å². The van der Waals surface area contributed by atoms with E-state index < -0.39 is 38.7 Å². The molecule has 1 aliphatic heterocycles. The highest BCUT2D eigenvalue weighted by Gasteiger charge is 2.47. The first-order valence-corrected chi connectivity index (χ1v) is 13.3. The Bertz CT molecular complexity index is 967. The highest BCUT2D eigenvalue weighted by Crippen LogP contribution is 2.41.